The lowest BCUT2D eigenvalue weighted by molar-refractivity contribution is 0.273. The normalized spacial score (nSPS) is 16.9. The first-order valence-electron chi connectivity index (χ1n) is 9.91. The first kappa shape index (κ1) is 22.2. The minimum Gasteiger partial charge on any atom is -0.495 e. The third kappa shape index (κ3) is 6.03. The van der Waals surface area contributed by atoms with Gasteiger partial charge in [-0.25, -0.2) is 9.97 Å². The molecule has 1 aromatic carbocycles. The maximum atomic E-state index is 6.13. The van der Waals surface area contributed by atoms with Crippen LogP contribution in [0.1, 0.15) is 31.2 Å². The zero-order valence-corrected chi connectivity index (χ0v) is 19.3. The lowest BCUT2D eigenvalue weighted by Gasteiger charge is -2.33. The van der Waals surface area contributed by atoms with Gasteiger partial charge in [-0.15, -0.1) is 0 Å². The summed E-state index contributed by atoms with van der Waals surface area (Å²) in [4.78, 5) is 15.8. The van der Waals surface area contributed by atoms with Crippen molar-refractivity contribution in [2.75, 3.05) is 30.8 Å². The summed E-state index contributed by atoms with van der Waals surface area (Å²) in [6, 6.07) is 7.23. The van der Waals surface area contributed by atoms with E-state index < -0.39 is 0 Å². The number of ether oxygens (including phenoxy) is 1. The third-order valence-corrected chi connectivity index (χ3v) is 5.20. The van der Waals surface area contributed by atoms with Crippen LogP contribution in [0, 0.1) is 19.8 Å². The number of benzene rings is 1. The number of thiocarbonyl (C=S) groups is 1. The molecular weight excluding hydrogens is 420 g/mol. The summed E-state index contributed by atoms with van der Waals surface area (Å²) >= 11 is 11.7. The number of hydrogen-bond donors (Lipinski definition) is 2. The van der Waals surface area contributed by atoms with Gasteiger partial charge in [-0.05, 0) is 69.1 Å². The van der Waals surface area contributed by atoms with Gasteiger partial charge in [0.2, 0.25) is 17.0 Å². The number of nitrogens with one attached hydrogen (secondary N) is 2. The van der Waals surface area contributed by atoms with E-state index in [-0.39, 0.29) is 0 Å². The summed E-state index contributed by atoms with van der Waals surface area (Å²) in [5, 5.41) is 7.27. The Morgan fingerprint density at radius 3 is 2.63 bits per heavy atom. The quantitative estimate of drug-likeness (QED) is 0.403. The van der Waals surface area contributed by atoms with Gasteiger partial charge in [0.25, 0.3) is 0 Å². The fraction of sp³-hybridized carbons (Fsp3) is 0.429. The minimum atomic E-state index is 0.292. The Morgan fingerprint density at radius 2 is 1.97 bits per heavy atom. The summed E-state index contributed by atoms with van der Waals surface area (Å²) in [5.74, 6) is 2.34. The standard InChI is InChI=1S/C21H27ClN6OS/c1-13-6-5-9-28(12-13)20(26-19-23-14(2)10-15(3)24-19)27-21(30)25-17-11-16(22)7-8-18(17)29-4/h7-8,10-11,13H,5-6,9,12H2,1-4H3,(H2,23,24,25,26,27,30). The summed E-state index contributed by atoms with van der Waals surface area (Å²) < 4.78 is 5.38. The largest absolute Gasteiger partial charge is 0.495 e. The lowest BCUT2D eigenvalue weighted by Crippen LogP contribution is -2.43. The Morgan fingerprint density at radius 1 is 1.23 bits per heavy atom. The molecule has 0 aliphatic carbocycles. The number of likely N-dealkylation sites (tertiary alicyclic amines) is 1. The van der Waals surface area contributed by atoms with Gasteiger partial charge in [-0.2, -0.15) is 4.99 Å². The third-order valence-electron chi connectivity index (χ3n) is 4.77. The van der Waals surface area contributed by atoms with Gasteiger partial charge in [0.05, 0.1) is 12.8 Å². The van der Waals surface area contributed by atoms with E-state index in [2.05, 4.69) is 37.4 Å². The molecule has 0 amide bonds. The van der Waals surface area contributed by atoms with Crippen LogP contribution in [0.4, 0.5) is 11.6 Å². The van der Waals surface area contributed by atoms with Gasteiger partial charge in [0.15, 0.2) is 0 Å². The van der Waals surface area contributed by atoms with Crippen molar-refractivity contribution in [2.24, 2.45) is 10.9 Å². The van der Waals surface area contributed by atoms with Gasteiger partial charge >= 0.3 is 0 Å². The molecule has 1 aliphatic heterocycles. The number of hydrogen-bond acceptors (Lipinski definition) is 4. The Kier molecular flexibility index (Phi) is 7.44. The molecule has 0 saturated carbocycles. The molecule has 0 bridgehead atoms. The Bertz CT molecular complexity index is 931. The maximum absolute atomic E-state index is 6.13. The van der Waals surface area contributed by atoms with Crippen LogP contribution in [0.3, 0.4) is 0 Å². The molecule has 0 spiro atoms. The molecule has 30 heavy (non-hydrogen) atoms. The average molecular weight is 447 g/mol. The molecule has 3 rings (SSSR count). The number of rotatable bonds is 3. The second kappa shape index (κ2) is 10.0. The molecule has 1 saturated heterocycles. The van der Waals surface area contributed by atoms with E-state index in [1.807, 2.05) is 19.9 Å². The molecule has 1 atom stereocenters. The zero-order valence-electron chi connectivity index (χ0n) is 17.7. The van der Waals surface area contributed by atoms with Crippen LogP contribution in [0.15, 0.2) is 29.3 Å². The minimum absolute atomic E-state index is 0.292. The predicted octanol–water partition coefficient (Wildman–Crippen LogP) is 4.65. The van der Waals surface area contributed by atoms with Crippen LogP contribution < -0.4 is 15.4 Å². The molecule has 7 nitrogen and oxygen atoms in total. The van der Waals surface area contributed by atoms with Gasteiger partial charge < -0.3 is 15.0 Å². The summed E-state index contributed by atoms with van der Waals surface area (Å²) in [5.41, 5.74) is 2.44. The Balaban J connectivity index is 1.87. The first-order chi connectivity index (χ1) is 14.3. The number of aromatic nitrogens is 2. The van der Waals surface area contributed by atoms with Gasteiger partial charge in [0, 0.05) is 29.5 Å². The lowest BCUT2D eigenvalue weighted by atomic mass is 10.0. The molecule has 1 aromatic heterocycles. The van der Waals surface area contributed by atoms with Crippen molar-refractivity contribution in [3.63, 3.8) is 0 Å². The fourth-order valence-electron chi connectivity index (χ4n) is 3.46. The van der Waals surface area contributed by atoms with Crippen LogP contribution in [0.2, 0.25) is 5.02 Å². The number of piperidine rings is 1. The molecule has 1 aliphatic rings. The number of nitrogens with zero attached hydrogens (tertiary/aromatic N) is 4. The topological polar surface area (TPSA) is 74.7 Å². The van der Waals surface area contributed by atoms with E-state index in [4.69, 9.17) is 28.6 Å². The van der Waals surface area contributed by atoms with E-state index in [1.54, 1.807) is 25.3 Å². The number of aryl methyl sites for hydroxylation is 2. The highest BCUT2D eigenvalue weighted by Crippen LogP contribution is 2.28. The van der Waals surface area contributed by atoms with Crippen molar-refractivity contribution in [1.82, 2.24) is 14.9 Å². The van der Waals surface area contributed by atoms with Crippen molar-refractivity contribution in [3.8, 4) is 5.75 Å². The number of anilines is 2. The van der Waals surface area contributed by atoms with E-state index >= 15 is 0 Å². The van der Waals surface area contributed by atoms with Gasteiger partial charge in [-0.1, -0.05) is 18.5 Å². The van der Waals surface area contributed by atoms with E-state index in [9.17, 15) is 0 Å². The molecule has 1 unspecified atom stereocenters. The average Bonchev–Trinajstić information content (AvgIpc) is 2.67. The molecule has 160 valence electrons. The number of aliphatic imine (C=N–C) groups is 1. The summed E-state index contributed by atoms with van der Waals surface area (Å²) in [6.45, 7) is 7.91. The molecule has 2 heterocycles. The Labute approximate surface area is 187 Å². The molecule has 9 heteroatoms. The Hall–Kier alpha value is -2.45. The molecule has 1 fully saturated rings. The molecule has 2 aromatic rings. The van der Waals surface area contributed by atoms with E-state index in [0.717, 1.165) is 30.9 Å². The monoisotopic (exact) mass is 446 g/mol. The van der Waals surface area contributed by atoms with Crippen molar-refractivity contribution < 1.29 is 4.74 Å². The highest BCUT2D eigenvalue weighted by atomic mass is 35.5. The highest BCUT2D eigenvalue weighted by molar-refractivity contribution is 7.80. The van der Waals surface area contributed by atoms with E-state index in [1.165, 1.54) is 6.42 Å². The molecule has 2 N–H and O–H groups in total. The van der Waals surface area contributed by atoms with Crippen molar-refractivity contribution in [3.05, 3.63) is 40.7 Å². The van der Waals surface area contributed by atoms with Crippen LogP contribution in [0.5, 0.6) is 5.75 Å². The van der Waals surface area contributed by atoms with Crippen LogP contribution >= 0.6 is 23.8 Å². The van der Waals surface area contributed by atoms with Gasteiger partial charge in [0.1, 0.15) is 5.75 Å². The smallest absolute Gasteiger partial charge is 0.229 e. The molecular formula is C21H27ClN6OS. The van der Waals surface area contributed by atoms with E-state index in [0.29, 0.717) is 39.4 Å². The van der Waals surface area contributed by atoms with Gasteiger partial charge in [-0.3, -0.25) is 5.32 Å². The van der Waals surface area contributed by atoms with Crippen LogP contribution in [0.25, 0.3) is 0 Å². The SMILES string of the molecule is COc1ccc(Cl)cc1NC(=S)/N=C(/Nc1nc(C)cc(C)n1)N1CCCC(C)C1. The first-order valence-corrected chi connectivity index (χ1v) is 10.7. The second-order valence-corrected chi connectivity index (χ2v) is 8.33. The highest BCUT2D eigenvalue weighted by Gasteiger charge is 2.21. The fourth-order valence-corrected chi connectivity index (χ4v) is 3.83. The van der Waals surface area contributed by atoms with Crippen LogP contribution in [-0.4, -0.2) is 46.1 Å². The predicted molar refractivity (Wildman–Crippen MR) is 127 cm³/mol. The second-order valence-electron chi connectivity index (χ2n) is 7.50. The number of halogens is 1. The zero-order chi connectivity index (χ0) is 21.7. The maximum Gasteiger partial charge on any atom is 0.229 e. The summed E-state index contributed by atoms with van der Waals surface area (Å²) in [6.07, 6.45) is 2.30. The van der Waals surface area contributed by atoms with Crippen LogP contribution in [-0.2, 0) is 0 Å². The number of guanidine groups is 1. The van der Waals surface area contributed by atoms with Crippen molar-refractivity contribution in [2.45, 2.75) is 33.6 Å². The van der Waals surface area contributed by atoms with Crippen molar-refractivity contribution >= 4 is 46.5 Å². The van der Waals surface area contributed by atoms with Crippen molar-refractivity contribution in [1.29, 1.82) is 0 Å². The molecule has 0 radical (unpaired) electrons. The summed E-state index contributed by atoms with van der Waals surface area (Å²) in [7, 11) is 1.60. The number of methoxy groups -OCH3 is 1.